The Hall–Kier alpha value is -1.19. The lowest BCUT2D eigenvalue weighted by atomic mass is 10.0. The molecule has 1 aliphatic rings. The number of carbonyl (C=O) groups is 1. The predicted molar refractivity (Wildman–Crippen MR) is 76.6 cm³/mol. The Morgan fingerprint density at radius 2 is 2.05 bits per heavy atom. The minimum absolute atomic E-state index is 0.0770. The number of ketones is 1. The van der Waals surface area contributed by atoms with Crippen LogP contribution < -0.4 is 0 Å². The lowest BCUT2D eigenvalue weighted by Crippen LogP contribution is -2.42. The van der Waals surface area contributed by atoms with E-state index in [1.54, 1.807) is 0 Å². The van der Waals surface area contributed by atoms with Crippen molar-refractivity contribution in [3.8, 4) is 0 Å². The van der Waals surface area contributed by atoms with Gasteiger partial charge in [0.2, 0.25) is 0 Å². The molecule has 104 valence electrons. The summed E-state index contributed by atoms with van der Waals surface area (Å²) < 4.78 is 5.63. The zero-order chi connectivity index (χ0) is 13.8. The van der Waals surface area contributed by atoms with Crippen molar-refractivity contribution in [1.82, 2.24) is 4.90 Å². The third-order valence-electron chi connectivity index (χ3n) is 3.75. The Morgan fingerprint density at radius 1 is 1.37 bits per heavy atom. The molecule has 19 heavy (non-hydrogen) atoms. The van der Waals surface area contributed by atoms with E-state index in [0.29, 0.717) is 0 Å². The van der Waals surface area contributed by atoms with Crippen LogP contribution in [0, 0.1) is 6.92 Å². The molecule has 1 fully saturated rings. The minimum Gasteiger partial charge on any atom is -0.377 e. The zero-order valence-electron chi connectivity index (χ0n) is 12.1. The molecule has 0 bridgehead atoms. The summed E-state index contributed by atoms with van der Waals surface area (Å²) in [5, 5.41) is 0. The fraction of sp³-hybridized carbons (Fsp3) is 0.562. The Morgan fingerprint density at radius 3 is 2.74 bits per heavy atom. The molecule has 1 aromatic rings. The van der Waals surface area contributed by atoms with E-state index < -0.39 is 0 Å². The maximum atomic E-state index is 12.5. The van der Waals surface area contributed by atoms with Gasteiger partial charge in [-0.1, -0.05) is 29.8 Å². The van der Waals surface area contributed by atoms with Crippen LogP contribution in [-0.2, 0) is 4.74 Å². The van der Waals surface area contributed by atoms with E-state index in [1.807, 2.05) is 38.1 Å². The van der Waals surface area contributed by atoms with Gasteiger partial charge in [0, 0.05) is 25.3 Å². The molecular formula is C16H23NO2. The number of nitrogens with zero attached hydrogens (tertiary/aromatic N) is 1. The normalized spacial score (nSPS) is 22.8. The molecule has 2 rings (SSSR count). The Labute approximate surface area is 115 Å². The van der Waals surface area contributed by atoms with E-state index in [2.05, 4.69) is 11.8 Å². The predicted octanol–water partition coefficient (Wildman–Crippen LogP) is 2.68. The van der Waals surface area contributed by atoms with E-state index in [4.69, 9.17) is 4.74 Å². The Balaban J connectivity index is 2.07. The summed E-state index contributed by atoms with van der Waals surface area (Å²) >= 11 is 0. The number of rotatable bonds is 3. The molecular weight excluding hydrogens is 238 g/mol. The number of carbonyl (C=O) groups excluding carboxylic acids is 1. The van der Waals surface area contributed by atoms with Crippen molar-refractivity contribution >= 4 is 5.78 Å². The smallest absolute Gasteiger partial charge is 0.179 e. The second-order valence-electron chi connectivity index (χ2n) is 5.44. The van der Waals surface area contributed by atoms with Crippen molar-refractivity contribution in [2.75, 3.05) is 19.7 Å². The first-order valence-electron chi connectivity index (χ1n) is 7.04. The molecule has 2 unspecified atom stereocenters. The topological polar surface area (TPSA) is 29.5 Å². The summed E-state index contributed by atoms with van der Waals surface area (Å²) in [4.78, 5) is 14.7. The average Bonchev–Trinajstić information content (AvgIpc) is 2.62. The molecule has 1 heterocycles. The van der Waals surface area contributed by atoms with Gasteiger partial charge in [0.15, 0.2) is 5.78 Å². The molecule has 1 aromatic carbocycles. The monoisotopic (exact) mass is 261 g/mol. The van der Waals surface area contributed by atoms with Crippen LogP contribution in [0.15, 0.2) is 24.3 Å². The first kappa shape index (κ1) is 14.2. The van der Waals surface area contributed by atoms with Crippen LogP contribution in [0.3, 0.4) is 0 Å². The molecule has 0 saturated carbocycles. The van der Waals surface area contributed by atoms with Gasteiger partial charge in [0.1, 0.15) is 0 Å². The quantitative estimate of drug-likeness (QED) is 0.783. The van der Waals surface area contributed by atoms with E-state index in [0.717, 1.165) is 31.7 Å². The molecule has 1 aliphatic heterocycles. The SMILES string of the molecule is Cc1ccc(C(=O)C(C)N2CCCOC(C)C2)cc1. The number of benzene rings is 1. The van der Waals surface area contributed by atoms with Crippen molar-refractivity contribution in [1.29, 1.82) is 0 Å². The van der Waals surface area contributed by atoms with E-state index in [9.17, 15) is 4.79 Å². The van der Waals surface area contributed by atoms with Gasteiger partial charge in [-0.3, -0.25) is 9.69 Å². The lowest BCUT2D eigenvalue weighted by Gasteiger charge is -2.27. The highest BCUT2D eigenvalue weighted by Gasteiger charge is 2.25. The number of hydrogen-bond acceptors (Lipinski definition) is 3. The molecule has 2 atom stereocenters. The van der Waals surface area contributed by atoms with Crippen LogP contribution in [0.1, 0.15) is 36.2 Å². The van der Waals surface area contributed by atoms with Crippen LogP contribution in [0.4, 0.5) is 0 Å². The van der Waals surface area contributed by atoms with Gasteiger partial charge < -0.3 is 4.74 Å². The van der Waals surface area contributed by atoms with Crippen molar-refractivity contribution in [3.63, 3.8) is 0 Å². The van der Waals surface area contributed by atoms with Crippen molar-refractivity contribution < 1.29 is 9.53 Å². The molecule has 0 N–H and O–H groups in total. The maximum Gasteiger partial charge on any atom is 0.179 e. The van der Waals surface area contributed by atoms with Crippen LogP contribution in [0.2, 0.25) is 0 Å². The third kappa shape index (κ3) is 3.64. The molecule has 3 nitrogen and oxygen atoms in total. The molecule has 0 spiro atoms. The number of ether oxygens (including phenoxy) is 1. The minimum atomic E-state index is -0.0770. The highest BCUT2D eigenvalue weighted by molar-refractivity contribution is 5.99. The molecule has 3 heteroatoms. The van der Waals surface area contributed by atoms with Gasteiger partial charge in [-0.15, -0.1) is 0 Å². The molecule has 0 aromatic heterocycles. The fourth-order valence-electron chi connectivity index (χ4n) is 2.50. The standard InChI is InChI=1S/C16H23NO2/c1-12-5-7-15(8-6-12)16(18)14(3)17-9-4-10-19-13(2)11-17/h5-8,13-14H,4,9-11H2,1-3H3. The van der Waals surface area contributed by atoms with Crippen LogP contribution in [-0.4, -0.2) is 42.5 Å². The maximum absolute atomic E-state index is 12.5. The second-order valence-corrected chi connectivity index (χ2v) is 5.44. The van der Waals surface area contributed by atoms with Gasteiger partial charge in [-0.25, -0.2) is 0 Å². The fourth-order valence-corrected chi connectivity index (χ4v) is 2.50. The van der Waals surface area contributed by atoms with Crippen LogP contribution in [0.5, 0.6) is 0 Å². The number of aryl methyl sites for hydroxylation is 1. The van der Waals surface area contributed by atoms with E-state index in [1.165, 1.54) is 5.56 Å². The summed E-state index contributed by atoms with van der Waals surface area (Å²) in [7, 11) is 0. The molecule has 0 aliphatic carbocycles. The summed E-state index contributed by atoms with van der Waals surface area (Å²) in [6.45, 7) is 8.66. The van der Waals surface area contributed by atoms with E-state index in [-0.39, 0.29) is 17.9 Å². The highest BCUT2D eigenvalue weighted by Crippen LogP contribution is 2.14. The molecule has 1 saturated heterocycles. The first-order chi connectivity index (χ1) is 9.08. The van der Waals surface area contributed by atoms with Gasteiger partial charge >= 0.3 is 0 Å². The lowest BCUT2D eigenvalue weighted by molar-refractivity contribution is 0.0581. The van der Waals surface area contributed by atoms with Crippen LogP contribution in [0.25, 0.3) is 0 Å². The third-order valence-corrected chi connectivity index (χ3v) is 3.75. The van der Waals surface area contributed by atoms with Crippen LogP contribution >= 0.6 is 0 Å². The highest BCUT2D eigenvalue weighted by atomic mass is 16.5. The zero-order valence-corrected chi connectivity index (χ0v) is 12.1. The number of Topliss-reactive ketones (excluding diaryl/α,β-unsaturated/α-hetero) is 1. The first-order valence-corrected chi connectivity index (χ1v) is 7.04. The van der Waals surface area contributed by atoms with Gasteiger partial charge in [0.25, 0.3) is 0 Å². The van der Waals surface area contributed by atoms with Crippen molar-refractivity contribution in [3.05, 3.63) is 35.4 Å². The average molecular weight is 261 g/mol. The van der Waals surface area contributed by atoms with Gasteiger partial charge in [0.05, 0.1) is 12.1 Å². The summed E-state index contributed by atoms with van der Waals surface area (Å²) in [5.74, 6) is 0.203. The second kappa shape index (κ2) is 6.31. The number of hydrogen-bond donors (Lipinski definition) is 0. The van der Waals surface area contributed by atoms with E-state index >= 15 is 0 Å². The Bertz CT molecular complexity index is 427. The van der Waals surface area contributed by atoms with Gasteiger partial charge in [-0.05, 0) is 27.2 Å². The molecule has 0 amide bonds. The molecule has 0 radical (unpaired) electrons. The van der Waals surface area contributed by atoms with Crippen molar-refractivity contribution in [2.45, 2.75) is 39.3 Å². The largest absolute Gasteiger partial charge is 0.377 e. The van der Waals surface area contributed by atoms with Crippen molar-refractivity contribution in [2.24, 2.45) is 0 Å². The summed E-state index contributed by atoms with van der Waals surface area (Å²) in [5.41, 5.74) is 1.98. The summed E-state index contributed by atoms with van der Waals surface area (Å²) in [6.07, 6.45) is 1.20. The summed E-state index contributed by atoms with van der Waals surface area (Å²) in [6, 6.07) is 7.76. The Kier molecular flexibility index (Phi) is 4.72. The van der Waals surface area contributed by atoms with Gasteiger partial charge in [-0.2, -0.15) is 0 Å².